The molecule has 1 saturated carbocycles. The second-order valence-corrected chi connectivity index (χ2v) is 7.98. The van der Waals surface area contributed by atoms with Gasteiger partial charge in [-0.1, -0.05) is 20.5 Å². The lowest BCUT2D eigenvalue weighted by Gasteiger charge is -2.47. The van der Waals surface area contributed by atoms with Crippen LogP contribution < -0.4 is 11.1 Å². The minimum atomic E-state index is -1.64. The first-order valence-electron chi connectivity index (χ1n) is 10.9. The molecule has 0 aromatic carbocycles. The van der Waals surface area contributed by atoms with E-state index in [0.717, 1.165) is 0 Å². The SMILES string of the molecule is [N-]=[N+]=NC[C@H]1O[C@H](O[C@H]2[C@H](NCCCCN)[C@@H](O)[C@H](N=[N+]=[N-])C[C@@H]2N=[N+]=[N-])[C@H](N=[N+]=[N-])[C@@H](O)[C@@H]1O. The number of rotatable bonds is 12. The molecule has 1 heterocycles. The molecular weight excluding hydrogens is 468 g/mol. The molecule has 2 aliphatic rings. The van der Waals surface area contributed by atoms with E-state index in [4.69, 9.17) is 37.3 Å². The Morgan fingerprint density at radius 2 is 1.60 bits per heavy atom. The summed E-state index contributed by atoms with van der Waals surface area (Å²) < 4.78 is 11.7. The molecule has 0 spiro atoms. The average Bonchev–Trinajstić information content (AvgIpc) is 2.84. The van der Waals surface area contributed by atoms with Crippen molar-refractivity contribution in [2.45, 2.75) is 80.2 Å². The van der Waals surface area contributed by atoms with Crippen LogP contribution in [0.1, 0.15) is 19.3 Å². The molecule has 10 atom stereocenters. The van der Waals surface area contributed by atoms with Gasteiger partial charge in [-0.15, -0.1) is 0 Å². The summed E-state index contributed by atoms with van der Waals surface area (Å²) in [6.07, 6.45) is -6.93. The number of unbranched alkanes of at least 4 members (excludes halogenated alkanes) is 1. The van der Waals surface area contributed by atoms with Crippen molar-refractivity contribution < 1.29 is 24.8 Å². The Balaban J connectivity index is 2.40. The fourth-order valence-corrected chi connectivity index (χ4v) is 4.14. The number of aliphatic hydroxyl groups excluding tert-OH is 3. The van der Waals surface area contributed by atoms with E-state index in [1.807, 2.05) is 0 Å². The Morgan fingerprint density at radius 3 is 2.23 bits per heavy atom. The summed E-state index contributed by atoms with van der Waals surface area (Å²) in [5.74, 6) is 0. The molecule has 1 aliphatic carbocycles. The Labute approximate surface area is 198 Å². The number of aliphatic hydroxyl groups is 3. The van der Waals surface area contributed by atoms with Crippen LogP contribution in [0, 0.1) is 0 Å². The lowest BCUT2D eigenvalue weighted by atomic mass is 9.82. The molecule has 0 aromatic rings. The molecule has 0 bridgehead atoms. The van der Waals surface area contributed by atoms with Crippen molar-refractivity contribution in [2.75, 3.05) is 19.6 Å². The summed E-state index contributed by atoms with van der Waals surface area (Å²) in [6.45, 7) is 0.481. The molecule has 6 N–H and O–H groups in total. The predicted molar refractivity (Wildman–Crippen MR) is 119 cm³/mol. The first-order valence-corrected chi connectivity index (χ1v) is 10.9. The molecular formula is C16H28N14O5. The van der Waals surface area contributed by atoms with Gasteiger partial charge in [0, 0.05) is 19.6 Å². The van der Waals surface area contributed by atoms with Crippen molar-refractivity contribution in [2.24, 2.45) is 26.2 Å². The van der Waals surface area contributed by atoms with Crippen molar-refractivity contribution in [3.63, 3.8) is 0 Å². The number of ether oxygens (including phenoxy) is 2. The summed E-state index contributed by atoms with van der Waals surface area (Å²) in [5, 5.41) is 49.0. The van der Waals surface area contributed by atoms with Gasteiger partial charge in [-0.3, -0.25) is 0 Å². The molecule has 0 amide bonds. The topological polar surface area (TPSA) is 312 Å². The standard InChI is InChI=1S/C16H28N14O5/c17-3-1-2-4-22-10-12(31)7(24-28-19)5-8(25-29-20)15(10)35-16-11(26-30-21)14(33)13(32)9(34-16)6-23-27-18/h7-16,22,31-33H,1-6,17H2/t7-,8+,9-,10-,11-,12+,13-,14-,15-,16-/m1/s1. The van der Waals surface area contributed by atoms with Crippen LogP contribution in [-0.4, -0.2) is 95.9 Å². The van der Waals surface area contributed by atoms with E-state index in [9.17, 15) is 15.3 Å². The predicted octanol–water partition coefficient (Wildman–Crippen LogP) is 0.627. The lowest BCUT2D eigenvalue weighted by Crippen LogP contribution is -2.65. The van der Waals surface area contributed by atoms with Crippen LogP contribution in [0.2, 0.25) is 0 Å². The number of azide groups is 4. The van der Waals surface area contributed by atoms with Crippen molar-refractivity contribution in [1.29, 1.82) is 0 Å². The van der Waals surface area contributed by atoms with Crippen LogP contribution in [0.3, 0.4) is 0 Å². The summed E-state index contributed by atoms with van der Waals surface area (Å²) >= 11 is 0. The van der Waals surface area contributed by atoms with Gasteiger partial charge < -0.3 is 35.8 Å². The zero-order valence-corrected chi connectivity index (χ0v) is 18.6. The maximum absolute atomic E-state index is 10.9. The van der Waals surface area contributed by atoms with E-state index in [1.54, 1.807) is 0 Å². The van der Waals surface area contributed by atoms with Gasteiger partial charge in [0.15, 0.2) is 6.29 Å². The Kier molecular flexibility index (Phi) is 11.6. The second kappa shape index (κ2) is 14.4. The molecule has 192 valence electrons. The first kappa shape index (κ1) is 28.2. The lowest BCUT2D eigenvalue weighted by molar-refractivity contribution is -0.279. The number of nitrogens with zero attached hydrogens (tertiary/aromatic N) is 12. The molecule has 1 aliphatic heterocycles. The molecule has 19 heteroatoms. The number of hydrogen-bond acceptors (Lipinski definition) is 11. The van der Waals surface area contributed by atoms with Crippen LogP contribution in [-0.2, 0) is 9.47 Å². The highest BCUT2D eigenvalue weighted by Gasteiger charge is 2.50. The second-order valence-electron chi connectivity index (χ2n) is 7.98. The normalized spacial score (nSPS) is 36.6. The zero-order chi connectivity index (χ0) is 25.8. The van der Waals surface area contributed by atoms with Crippen LogP contribution in [0.25, 0.3) is 41.8 Å². The highest BCUT2D eigenvalue weighted by atomic mass is 16.7. The average molecular weight is 496 g/mol. The van der Waals surface area contributed by atoms with Crippen molar-refractivity contribution in [3.05, 3.63) is 41.8 Å². The monoisotopic (exact) mass is 496 g/mol. The summed E-state index contributed by atoms with van der Waals surface area (Å²) in [6, 6.07) is -4.25. The van der Waals surface area contributed by atoms with Crippen LogP contribution in [0.5, 0.6) is 0 Å². The van der Waals surface area contributed by atoms with E-state index in [2.05, 4.69) is 45.4 Å². The maximum Gasteiger partial charge on any atom is 0.169 e. The third-order valence-corrected chi connectivity index (χ3v) is 5.86. The minimum Gasteiger partial charge on any atom is -0.391 e. The van der Waals surface area contributed by atoms with Gasteiger partial charge in [-0.25, -0.2) is 0 Å². The molecule has 2 fully saturated rings. The number of nitrogens with two attached hydrogens (primary N) is 1. The van der Waals surface area contributed by atoms with Gasteiger partial charge in [-0.2, -0.15) is 0 Å². The number of hydrogen-bond donors (Lipinski definition) is 5. The van der Waals surface area contributed by atoms with Gasteiger partial charge in [0.1, 0.15) is 12.1 Å². The summed E-state index contributed by atoms with van der Waals surface area (Å²) in [5.41, 5.74) is 41.1. The molecule has 0 aromatic heterocycles. The van der Waals surface area contributed by atoms with E-state index in [-0.39, 0.29) is 13.0 Å². The minimum absolute atomic E-state index is 0.0623. The quantitative estimate of drug-likeness (QED) is 0.111. The van der Waals surface area contributed by atoms with Crippen molar-refractivity contribution in [3.8, 4) is 0 Å². The van der Waals surface area contributed by atoms with Crippen LogP contribution in [0.15, 0.2) is 20.5 Å². The Morgan fingerprint density at radius 1 is 0.914 bits per heavy atom. The Hall–Kier alpha value is -3.04. The van der Waals surface area contributed by atoms with E-state index in [0.29, 0.717) is 25.9 Å². The number of nitrogens with one attached hydrogen (secondary N) is 1. The fourth-order valence-electron chi connectivity index (χ4n) is 4.14. The molecule has 0 radical (unpaired) electrons. The highest BCUT2D eigenvalue weighted by Crippen LogP contribution is 2.33. The Bertz CT molecular complexity index is 882. The smallest absolute Gasteiger partial charge is 0.169 e. The third kappa shape index (κ3) is 7.22. The molecule has 1 saturated heterocycles. The van der Waals surface area contributed by atoms with Crippen LogP contribution >= 0.6 is 0 Å². The van der Waals surface area contributed by atoms with Crippen molar-refractivity contribution in [1.82, 2.24) is 5.32 Å². The van der Waals surface area contributed by atoms with Gasteiger partial charge in [0.2, 0.25) is 0 Å². The first-order chi connectivity index (χ1) is 16.9. The van der Waals surface area contributed by atoms with Gasteiger partial charge in [0.25, 0.3) is 0 Å². The van der Waals surface area contributed by atoms with Crippen LogP contribution in [0.4, 0.5) is 0 Å². The van der Waals surface area contributed by atoms with E-state index in [1.165, 1.54) is 0 Å². The molecule has 2 rings (SSSR count). The van der Waals surface area contributed by atoms with Crippen molar-refractivity contribution >= 4 is 0 Å². The maximum atomic E-state index is 10.9. The largest absolute Gasteiger partial charge is 0.391 e. The van der Waals surface area contributed by atoms with Gasteiger partial charge in [-0.05, 0) is 54.5 Å². The molecule has 19 nitrogen and oxygen atoms in total. The molecule has 35 heavy (non-hydrogen) atoms. The van der Waals surface area contributed by atoms with Gasteiger partial charge >= 0.3 is 0 Å². The third-order valence-electron chi connectivity index (χ3n) is 5.86. The summed E-state index contributed by atoms with van der Waals surface area (Å²) in [7, 11) is 0. The zero-order valence-electron chi connectivity index (χ0n) is 18.6. The summed E-state index contributed by atoms with van der Waals surface area (Å²) in [4.78, 5) is 10.8. The van der Waals surface area contributed by atoms with E-state index >= 15 is 0 Å². The van der Waals surface area contributed by atoms with Gasteiger partial charge in [0.05, 0.1) is 49.1 Å². The highest BCUT2D eigenvalue weighted by molar-refractivity contribution is 5.05. The van der Waals surface area contributed by atoms with E-state index < -0.39 is 61.0 Å². The fraction of sp³-hybridized carbons (Fsp3) is 1.00. The molecule has 0 unspecified atom stereocenters.